The lowest BCUT2D eigenvalue weighted by Gasteiger charge is -2.29. The Morgan fingerprint density at radius 2 is 2.32 bits per heavy atom. The topological polar surface area (TPSA) is 38.7 Å². The molecule has 0 saturated heterocycles. The lowest BCUT2D eigenvalue weighted by molar-refractivity contribution is -0.151. The fourth-order valence-corrected chi connectivity index (χ4v) is 2.98. The first-order valence-electron chi connectivity index (χ1n) is 6.18. The minimum Gasteiger partial charge on any atom is -0.455 e. The van der Waals surface area contributed by atoms with Gasteiger partial charge in [0.25, 0.3) is 0 Å². The second kappa shape index (κ2) is 7.47. The average molecular weight is 393 g/mol. The van der Waals surface area contributed by atoms with Crippen LogP contribution in [0.2, 0.25) is 0 Å². The van der Waals surface area contributed by atoms with Gasteiger partial charge in [-0.05, 0) is 30.4 Å². The number of carbonyl (C=O) groups excluding carboxylic acids is 1. The van der Waals surface area contributed by atoms with Crippen LogP contribution in [-0.4, -0.2) is 28.4 Å². The fraction of sp³-hybridized carbons (Fsp3) is 0.571. The number of rotatable bonds is 5. The smallest absolute Gasteiger partial charge is 0.303 e. The summed E-state index contributed by atoms with van der Waals surface area (Å²) in [5.41, 5.74) is 0.478. The van der Waals surface area contributed by atoms with E-state index in [0.717, 1.165) is 16.4 Å². The maximum Gasteiger partial charge on any atom is 0.303 e. The zero-order valence-corrected chi connectivity index (χ0v) is 14.7. The lowest BCUT2D eigenvalue weighted by Crippen LogP contribution is -2.32. The number of esters is 1. The summed E-state index contributed by atoms with van der Waals surface area (Å²) in [5, 5.41) is 1.12. The predicted molar refractivity (Wildman–Crippen MR) is 91.1 cm³/mol. The first-order valence-corrected chi connectivity index (χ1v) is 8.41. The largest absolute Gasteiger partial charge is 0.455 e. The zero-order chi connectivity index (χ0) is 14.5. The number of hydrogen-bond donors (Lipinski definition) is 0. The van der Waals surface area contributed by atoms with Crippen molar-refractivity contribution in [3.05, 3.63) is 21.8 Å². The molecule has 0 saturated carbocycles. The van der Waals surface area contributed by atoms with E-state index in [1.165, 1.54) is 6.92 Å². The minimum absolute atomic E-state index is 0.198. The lowest BCUT2D eigenvalue weighted by atomic mass is 9.91. The maximum absolute atomic E-state index is 11.3. The van der Waals surface area contributed by atoms with Gasteiger partial charge < -0.3 is 4.74 Å². The molecule has 1 aliphatic rings. The van der Waals surface area contributed by atoms with Crippen LogP contribution in [0.1, 0.15) is 34.1 Å². The molecule has 0 aromatic rings. The monoisotopic (exact) mass is 393 g/mol. The number of thioether (sulfide) groups is 1. The third-order valence-corrected chi connectivity index (χ3v) is 4.59. The quantitative estimate of drug-likeness (QED) is 0.401. The molecule has 1 aliphatic heterocycles. The highest BCUT2D eigenvalue weighted by Crippen LogP contribution is 2.29. The molecule has 0 N–H and O–H groups in total. The molecule has 19 heavy (non-hydrogen) atoms. The maximum atomic E-state index is 11.3. The van der Waals surface area contributed by atoms with Crippen molar-refractivity contribution in [3.8, 4) is 0 Å². The first kappa shape index (κ1) is 16.8. The second-order valence-electron chi connectivity index (χ2n) is 4.77. The van der Waals surface area contributed by atoms with Crippen molar-refractivity contribution in [1.82, 2.24) is 0 Å². The summed E-state index contributed by atoms with van der Waals surface area (Å²) in [4.78, 5) is 15.9. The molecule has 0 aliphatic carbocycles. The van der Waals surface area contributed by atoms with E-state index in [1.54, 1.807) is 11.8 Å². The Bertz CT molecular complexity index is 431. The molecular formula is C14H20INO2S. The van der Waals surface area contributed by atoms with Crippen molar-refractivity contribution in [2.24, 2.45) is 4.99 Å². The molecule has 0 spiro atoms. The Morgan fingerprint density at radius 3 is 2.79 bits per heavy atom. The van der Waals surface area contributed by atoms with Gasteiger partial charge in [-0.15, -0.1) is 11.8 Å². The van der Waals surface area contributed by atoms with Crippen LogP contribution in [0.4, 0.5) is 0 Å². The molecule has 2 atom stereocenters. The van der Waals surface area contributed by atoms with Gasteiger partial charge >= 0.3 is 5.97 Å². The van der Waals surface area contributed by atoms with Crippen LogP contribution in [0.3, 0.4) is 0 Å². The third kappa shape index (κ3) is 5.30. The molecule has 0 radical (unpaired) electrons. The van der Waals surface area contributed by atoms with Crippen LogP contribution in [0, 0.1) is 0 Å². The molecule has 0 amide bonds. The Labute approximate surface area is 133 Å². The summed E-state index contributed by atoms with van der Waals surface area (Å²) in [5.74, 6) is 0.721. The number of aliphatic imine (C=N–C) groups is 1. The van der Waals surface area contributed by atoms with Crippen molar-refractivity contribution in [1.29, 1.82) is 0 Å². The van der Waals surface area contributed by atoms with Crippen molar-refractivity contribution < 1.29 is 9.53 Å². The highest BCUT2D eigenvalue weighted by molar-refractivity contribution is 14.1. The summed E-state index contributed by atoms with van der Waals surface area (Å²) >= 11 is 3.94. The van der Waals surface area contributed by atoms with Gasteiger partial charge in [-0.25, -0.2) is 0 Å². The van der Waals surface area contributed by atoms with Crippen LogP contribution in [0.5, 0.6) is 0 Å². The number of ether oxygens (including phenoxy) is 1. The number of nitrogens with zero attached hydrogens (tertiary/aromatic N) is 1. The number of carbonyl (C=O) groups is 1. The molecular weight excluding hydrogens is 373 g/mol. The zero-order valence-electron chi connectivity index (χ0n) is 11.8. The van der Waals surface area contributed by atoms with E-state index in [2.05, 4.69) is 33.7 Å². The molecule has 106 valence electrons. The number of hydrogen-bond acceptors (Lipinski definition) is 4. The molecule has 0 fully saturated rings. The predicted octanol–water partition coefficient (Wildman–Crippen LogP) is 4.13. The van der Waals surface area contributed by atoms with Crippen molar-refractivity contribution in [3.63, 3.8) is 0 Å². The molecule has 0 bridgehead atoms. The molecule has 1 rings (SSSR count). The molecule has 1 heterocycles. The average Bonchev–Trinajstić information content (AvgIpc) is 2.71. The minimum atomic E-state index is -0.579. The van der Waals surface area contributed by atoms with Gasteiger partial charge in [0.15, 0.2) is 0 Å². The van der Waals surface area contributed by atoms with E-state index in [1.807, 2.05) is 30.9 Å². The Balaban J connectivity index is 2.89. The SMILES string of the molecule is CC(=O)OC(C)(C/C=C\I)/C(C)=C/C1CSC(C)=N1. The standard InChI is InChI=1S/C14H20INO2S/c1-10(8-13-9-19-11(2)16-13)14(4,6-5-7-15)18-12(3)17/h5,7-8,13H,6,9H2,1-4H3/b7-5-,10-8+. The summed E-state index contributed by atoms with van der Waals surface area (Å²) in [7, 11) is 0. The van der Waals surface area contributed by atoms with Gasteiger partial charge in [0.05, 0.1) is 11.1 Å². The molecule has 3 nitrogen and oxygen atoms in total. The summed E-state index contributed by atoms with van der Waals surface area (Å²) in [6, 6.07) is 0.198. The Kier molecular flexibility index (Phi) is 6.59. The van der Waals surface area contributed by atoms with Gasteiger partial charge in [0, 0.05) is 19.1 Å². The summed E-state index contributed by atoms with van der Waals surface area (Å²) in [6.45, 7) is 7.44. The normalized spacial score (nSPS) is 23.3. The van der Waals surface area contributed by atoms with Crippen molar-refractivity contribution in [2.75, 3.05) is 5.75 Å². The van der Waals surface area contributed by atoms with Gasteiger partial charge in [-0.3, -0.25) is 9.79 Å². The Hall–Kier alpha value is -0.300. The van der Waals surface area contributed by atoms with Gasteiger partial charge in [0.2, 0.25) is 0 Å². The molecule has 0 aromatic carbocycles. The van der Waals surface area contributed by atoms with E-state index in [9.17, 15) is 4.79 Å². The van der Waals surface area contributed by atoms with E-state index in [-0.39, 0.29) is 12.0 Å². The van der Waals surface area contributed by atoms with Crippen LogP contribution in [0.25, 0.3) is 0 Å². The summed E-state index contributed by atoms with van der Waals surface area (Å²) < 4.78 is 7.47. The fourth-order valence-electron chi connectivity index (χ4n) is 1.93. The van der Waals surface area contributed by atoms with E-state index < -0.39 is 5.60 Å². The third-order valence-electron chi connectivity index (χ3n) is 3.05. The van der Waals surface area contributed by atoms with Gasteiger partial charge in [-0.1, -0.05) is 34.7 Å². The highest BCUT2D eigenvalue weighted by atomic mass is 127. The van der Waals surface area contributed by atoms with Crippen LogP contribution < -0.4 is 0 Å². The molecule has 0 aromatic heterocycles. The second-order valence-corrected chi connectivity index (χ2v) is 6.70. The van der Waals surface area contributed by atoms with Crippen molar-refractivity contribution in [2.45, 2.75) is 45.8 Å². The number of halogens is 1. The van der Waals surface area contributed by atoms with E-state index in [0.29, 0.717) is 6.42 Å². The highest BCUT2D eigenvalue weighted by Gasteiger charge is 2.29. The van der Waals surface area contributed by atoms with Crippen molar-refractivity contribution >= 4 is 45.4 Å². The van der Waals surface area contributed by atoms with E-state index >= 15 is 0 Å². The van der Waals surface area contributed by atoms with Gasteiger partial charge in [0.1, 0.15) is 5.60 Å². The molecule has 5 heteroatoms. The summed E-state index contributed by atoms with van der Waals surface area (Å²) in [6.07, 6.45) is 4.81. The Morgan fingerprint density at radius 1 is 1.63 bits per heavy atom. The van der Waals surface area contributed by atoms with Gasteiger partial charge in [-0.2, -0.15) is 0 Å². The van der Waals surface area contributed by atoms with E-state index in [4.69, 9.17) is 4.74 Å². The van der Waals surface area contributed by atoms with Crippen LogP contribution in [0.15, 0.2) is 26.8 Å². The first-order chi connectivity index (χ1) is 8.87. The molecule has 2 unspecified atom stereocenters. The van der Waals surface area contributed by atoms with Crippen LogP contribution in [-0.2, 0) is 9.53 Å². The van der Waals surface area contributed by atoms with Crippen LogP contribution >= 0.6 is 34.4 Å².